The van der Waals surface area contributed by atoms with Crippen molar-refractivity contribution >= 4 is 32.0 Å². The van der Waals surface area contributed by atoms with Gasteiger partial charge in [-0.05, 0) is 0 Å². The molecular formula is C9H37O14+3. The van der Waals surface area contributed by atoms with Gasteiger partial charge in [0, 0.05) is 22.9 Å². The maximum absolute atomic E-state index is 8.36. The van der Waals surface area contributed by atoms with Gasteiger partial charge in [-0.3, -0.25) is 9.59 Å². The summed E-state index contributed by atoms with van der Waals surface area (Å²) >= 11 is 0. The Balaban J connectivity index is -0.00000000263. The summed E-state index contributed by atoms with van der Waals surface area (Å²) in [5.74, 6) is 0. The van der Waals surface area contributed by atoms with Gasteiger partial charge in [-0.25, -0.2) is 0 Å². The summed E-state index contributed by atoms with van der Waals surface area (Å²) in [7, 11) is 1.00. The molecule has 0 rings (SSSR count). The molecule has 9 N–H and O–H groups in total. The molecule has 0 aromatic rings. The highest BCUT2D eigenvalue weighted by Crippen LogP contribution is 0.969. The first-order chi connectivity index (χ1) is 8.07. The van der Waals surface area contributed by atoms with Crippen molar-refractivity contribution in [3.63, 3.8) is 0 Å². The van der Waals surface area contributed by atoms with Crippen LogP contribution in [0.4, 0.5) is 0 Å². The lowest BCUT2D eigenvalue weighted by Gasteiger charge is -1.52. The van der Waals surface area contributed by atoms with E-state index in [9.17, 15) is 0 Å². The standard InChI is InChI=1S/4CH2O2.CO2.CH4O.3CH4.3H2O.2H2/c5*2-1-3;1-2;;;;;;;;/h4*1H,(H,2,3);;2H,1H3;3*1H4;3*1H2;2*1H/p+3. The highest BCUT2D eigenvalue weighted by atomic mass is 16.4. The molecule has 0 unspecified atom stereocenters. The lowest BCUT2D eigenvalue weighted by molar-refractivity contribution is -0.284. The van der Waals surface area contributed by atoms with Crippen molar-refractivity contribution in [1.29, 1.82) is 0 Å². The van der Waals surface area contributed by atoms with Crippen LogP contribution >= 0.6 is 0 Å². The van der Waals surface area contributed by atoms with E-state index in [1.807, 2.05) is 0 Å². The molecule has 14 nitrogen and oxygen atoms in total. The van der Waals surface area contributed by atoms with Crippen molar-refractivity contribution in [3.8, 4) is 0 Å². The van der Waals surface area contributed by atoms with Crippen LogP contribution in [-0.2, 0) is 28.8 Å². The maximum Gasteiger partial charge on any atom is 1.00 e. The first kappa shape index (κ1) is 112. The summed E-state index contributed by atoms with van der Waals surface area (Å²) in [5.41, 5.74) is 0. The van der Waals surface area contributed by atoms with E-state index in [0.29, 0.717) is 0 Å². The van der Waals surface area contributed by atoms with Gasteiger partial charge < -0.3 is 51.6 Å². The topological polar surface area (TPSA) is 304 Å². The molecule has 0 heterocycles. The molecule has 23 heavy (non-hydrogen) atoms. The van der Waals surface area contributed by atoms with Gasteiger partial charge in [0.1, 0.15) is 0 Å². The van der Waals surface area contributed by atoms with Crippen molar-refractivity contribution in [2.45, 2.75) is 22.3 Å². The van der Waals surface area contributed by atoms with Crippen molar-refractivity contribution in [2.24, 2.45) is 0 Å². The molecule has 0 bridgehead atoms. The number of carboxylic acid groups (broad SMARTS) is 4. The zero-order valence-corrected chi connectivity index (χ0v) is 9.92. The van der Waals surface area contributed by atoms with Gasteiger partial charge in [0.25, 0.3) is 12.9 Å². The van der Waals surface area contributed by atoms with E-state index in [-0.39, 0.29) is 67.8 Å². The van der Waals surface area contributed by atoms with Crippen molar-refractivity contribution in [1.82, 2.24) is 0 Å². The normalized spacial score (nSPS) is 2.70. The van der Waals surface area contributed by atoms with E-state index in [0.717, 1.165) is 7.11 Å². The quantitative estimate of drug-likeness (QED) is 0.342. The monoisotopic (exact) mass is 369 g/mol. The van der Waals surface area contributed by atoms with E-state index < -0.39 is 12.9 Å². The number of hydrogen-bond acceptors (Lipinski definition) is 9. The Kier molecular flexibility index (Phi) is 6890. The zero-order valence-electron chi connectivity index (χ0n) is 14.9. The molecule has 0 fully saturated rings. The number of carbonyl (C=O) groups is 4. The Labute approximate surface area is 143 Å². The minimum atomic E-state index is -0.500. The average molecular weight is 369 g/mol. The number of hydrogen-bond donors (Lipinski definition) is 3. The maximum atomic E-state index is 8.36. The van der Waals surface area contributed by atoms with Gasteiger partial charge in [0.2, 0.25) is 0 Å². The second kappa shape index (κ2) is 1420. The largest absolute Gasteiger partial charge is 1.00 e. The number of aliphatic hydroxyl groups excluding tert-OH is 1. The summed E-state index contributed by atoms with van der Waals surface area (Å²) in [5, 5.41) is 37.3. The molecular weight excluding hydrogens is 332 g/mol. The van der Waals surface area contributed by atoms with Gasteiger partial charge in [0.05, 0.1) is 0 Å². The fourth-order valence-corrected chi connectivity index (χ4v) is 0. The second-order valence-corrected chi connectivity index (χ2v) is 0.487. The Morgan fingerprint density at radius 1 is 0.783 bits per heavy atom. The van der Waals surface area contributed by atoms with Crippen LogP contribution in [0.5, 0.6) is 0 Å². The first-order valence-electron chi connectivity index (χ1n) is 2.79. The predicted octanol–water partition coefficient (Wildman–Crippen LogP) is -4.35. The molecule has 0 saturated heterocycles. The second-order valence-electron chi connectivity index (χ2n) is 0.487. The van der Waals surface area contributed by atoms with Crippen molar-refractivity contribution < 1.29 is 80.7 Å². The highest BCUT2D eigenvalue weighted by Gasteiger charge is 1.22. The lowest BCUT2D eigenvalue weighted by Crippen LogP contribution is -2.01. The van der Waals surface area contributed by atoms with Gasteiger partial charge in [-0.2, -0.15) is 9.59 Å². The highest BCUT2D eigenvalue weighted by molar-refractivity contribution is 5.33. The minimum Gasteiger partial charge on any atom is -0.554 e. The van der Waals surface area contributed by atoms with Gasteiger partial charge >= 0.3 is 13.3 Å². The molecule has 154 valence electrons. The van der Waals surface area contributed by atoms with Gasteiger partial charge in [-0.1, -0.05) is 22.3 Å². The molecule has 0 aromatic heterocycles. The van der Waals surface area contributed by atoms with Crippen LogP contribution in [0.25, 0.3) is 0 Å². The fraction of sp³-hybridized carbons (Fsp3) is 0.444. The SMILES string of the molecule is C.C.C.CO.O.O.O.O=C=O.O=CO.O=CO.O=C[O-].O=C[O-].[H+].[H+].[H+].[H+].[H+].[HH].[HH]. The van der Waals surface area contributed by atoms with Crippen LogP contribution in [0.15, 0.2) is 0 Å². The summed E-state index contributed by atoms with van der Waals surface area (Å²) < 4.78 is 0. The van der Waals surface area contributed by atoms with Crippen LogP contribution in [-0.4, -0.2) is 70.9 Å². The van der Waals surface area contributed by atoms with Crippen molar-refractivity contribution in [3.05, 3.63) is 0 Å². The number of rotatable bonds is 0. The molecule has 0 aliphatic rings. The molecule has 0 spiro atoms. The molecule has 0 aliphatic heterocycles. The number of aliphatic hydroxyl groups is 1. The molecule has 0 amide bonds. The van der Waals surface area contributed by atoms with E-state index in [1.54, 1.807) is 0 Å². The molecule has 0 aliphatic carbocycles. The third kappa shape index (κ3) is 664. The molecule has 0 saturated carbocycles. The molecule has 14 heteroatoms. The first-order valence-corrected chi connectivity index (χ1v) is 2.79. The zero-order chi connectivity index (χ0) is 15.5. The third-order valence-electron chi connectivity index (χ3n) is 0. The van der Waals surface area contributed by atoms with Crippen LogP contribution in [0.3, 0.4) is 0 Å². The Bertz CT molecular complexity index is 154. The Morgan fingerprint density at radius 3 is 0.783 bits per heavy atom. The van der Waals surface area contributed by atoms with Crippen LogP contribution < -0.4 is 10.2 Å². The van der Waals surface area contributed by atoms with E-state index in [1.165, 1.54) is 0 Å². The molecule has 0 radical (unpaired) electrons. The minimum absolute atomic E-state index is 0. The van der Waals surface area contributed by atoms with Gasteiger partial charge in [-0.15, -0.1) is 0 Å². The average Bonchev–Trinajstić information content (AvgIpc) is 2.25. The van der Waals surface area contributed by atoms with E-state index >= 15 is 0 Å². The van der Waals surface area contributed by atoms with Crippen molar-refractivity contribution in [2.75, 3.05) is 7.11 Å². The van der Waals surface area contributed by atoms with E-state index in [2.05, 4.69) is 0 Å². The summed E-state index contributed by atoms with van der Waals surface area (Å²) in [6.45, 7) is -1.50. The van der Waals surface area contributed by atoms with E-state index in [4.69, 9.17) is 54.3 Å². The summed E-state index contributed by atoms with van der Waals surface area (Å²) in [6.07, 6.45) is 0.250. The van der Waals surface area contributed by atoms with Crippen LogP contribution in [0.1, 0.15) is 32.3 Å². The lowest BCUT2D eigenvalue weighted by atomic mass is 11.7. The fourth-order valence-electron chi connectivity index (χ4n) is 0. The third-order valence-corrected chi connectivity index (χ3v) is 0. The summed E-state index contributed by atoms with van der Waals surface area (Å²) in [4.78, 5) is 49.5. The molecule has 0 aromatic carbocycles. The van der Waals surface area contributed by atoms with Gasteiger partial charge in [0.15, 0.2) is 0 Å². The summed E-state index contributed by atoms with van der Waals surface area (Å²) in [6, 6.07) is 0. The Morgan fingerprint density at radius 2 is 0.783 bits per heavy atom. The number of carbonyl (C=O) groups excluding carboxylic acids is 4. The Hall–Kier alpha value is -2.90. The van der Waals surface area contributed by atoms with Crippen LogP contribution in [0, 0.1) is 0 Å². The van der Waals surface area contributed by atoms with Crippen LogP contribution in [0.2, 0.25) is 0 Å². The smallest absolute Gasteiger partial charge is 0.554 e. The predicted molar refractivity (Wildman–Crippen MR) is 83.5 cm³/mol. The molecule has 0 atom stereocenters.